The van der Waals surface area contributed by atoms with Gasteiger partial charge in [-0.05, 0) is 12.0 Å². The molecule has 8 heteroatoms. The van der Waals surface area contributed by atoms with E-state index in [4.69, 9.17) is 9.88 Å². The number of primary sulfonamides is 1. The van der Waals surface area contributed by atoms with E-state index in [1.165, 1.54) is 17.2 Å². The molecule has 0 fully saturated rings. The predicted molar refractivity (Wildman–Crippen MR) is 78.1 cm³/mol. The molecule has 1 heterocycles. The van der Waals surface area contributed by atoms with Crippen LogP contribution in [0, 0.1) is 0 Å². The summed E-state index contributed by atoms with van der Waals surface area (Å²) in [6, 6.07) is 7.72. The van der Waals surface area contributed by atoms with E-state index in [1.807, 2.05) is 24.3 Å². The number of aryl methyl sites for hydroxylation is 1. The molecule has 0 aliphatic heterocycles. The molecule has 21 heavy (non-hydrogen) atoms. The Bertz CT molecular complexity index is 708. The van der Waals surface area contributed by atoms with Gasteiger partial charge in [-0.3, -0.25) is 4.57 Å². The second kappa shape index (κ2) is 6.33. The Morgan fingerprint density at radius 1 is 1.24 bits per heavy atom. The molecule has 7 nitrogen and oxygen atoms in total. The topological polar surface area (TPSA) is 100 Å². The van der Waals surface area contributed by atoms with E-state index < -0.39 is 10.0 Å². The number of methoxy groups -OCH3 is 1. The van der Waals surface area contributed by atoms with Crippen molar-refractivity contribution in [3.8, 4) is 11.4 Å². The van der Waals surface area contributed by atoms with Crippen molar-refractivity contribution in [1.82, 2.24) is 14.8 Å². The molecule has 0 atom stereocenters. The number of hydrogen-bond donors (Lipinski definition) is 1. The van der Waals surface area contributed by atoms with E-state index >= 15 is 0 Å². The van der Waals surface area contributed by atoms with Crippen molar-refractivity contribution in [2.45, 2.75) is 25.0 Å². The molecule has 0 radical (unpaired) electrons. The summed E-state index contributed by atoms with van der Waals surface area (Å²) >= 11 is 0. The first-order valence-corrected chi connectivity index (χ1v) is 8.06. The molecular formula is C13H18N4O3S. The molecule has 0 saturated heterocycles. The van der Waals surface area contributed by atoms with Gasteiger partial charge in [0.05, 0.1) is 13.2 Å². The van der Waals surface area contributed by atoms with Crippen LogP contribution in [0.25, 0.3) is 11.4 Å². The summed E-state index contributed by atoms with van der Waals surface area (Å²) in [6.45, 7) is 2.70. The monoisotopic (exact) mass is 310 g/mol. The fourth-order valence-electron chi connectivity index (χ4n) is 1.99. The summed E-state index contributed by atoms with van der Waals surface area (Å²) in [6.07, 6.45) is 0.930. The van der Waals surface area contributed by atoms with Crippen molar-refractivity contribution in [3.63, 3.8) is 0 Å². The van der Waals surface area contributed by atoms with Crippen molar-refractivity contribution in [2.24, 2.45) is 5.14 Å². The van der Waals surface area contributed by atoms with Gasteiger partial charge in [-0.15, -0.1) is 10.2 Å². The molecule has 0 unspecified atom stereocenters. The van der Waals surface area contributed by atoms with Gasteiger partial charge in [-0.2, -0.15) is 0 Å². The highest BCUT2D eigenvalue weighted by atomic mass is 32.2. The van der Waals surface area contributed by atoms with Crippen LogP contribution in [0.5, 0.6) is 0 Å². The minimum atomic E-state index is -3.93. The van der Waals surface area contributed by atoms with E-state index in [1.54, 1.807) is 0 Å². The smallest absolute Gasteiger partial charge is 0.273 e. The van der Waals surface area contributed by atoms with Gasteiger partial charge in [0.1, 0.15) is 0 Å². The number of nitrogens with zero attached hydrogens (tertiary/aromatic N) is 3. The largest absolute Gasteiger partial charge is 0.383 e. The van der Waals surface area contributed by atoms with Crippen molar-refractivity contribution >= 4 is 10.0 Å². The maximum atomic E-state index is 11.6. The maximum Gasteiger partial charge on any atom is 0.273 e. The lowest BCUT2D eigenvalue weighted by Gasteiger charge is -2.09. The molecule has 0 aliphatic rings. The molecule has 1 aromatic carbocycles. The number of rotatable bonds is 6. The minimum absolute atomic E-state index is 0.255. The lowest BCUT2D eigenvalue weighted by Crippen LogP contribution is -2.20. The highest BCUT2D eigenvalue weighted by Crippen LogP contribution is 2.20. The second-order valence-electron chi connectivity index (χ2n) is 4.55. The molecule has 2 aromatic rings. The lowest BCUT2D eigenvalue weighted by atomic mass is 10.1. The molecule has 114 valence electrons. The summed E-state index contributed by atoms with van der Waals surface area (Å²) in [5, 5.41) is 12.6. The summed E-state index contributed by atoms with van der Waals surface area (Å²) in [5.41, 5.74) is 1.97. The van der Waals surface area contributed by atoms with Crippen LogP contribution in [0.2, 0.25) is 0 Å². The molecule has 0 spiro atoms. The Balaban J connectivity index is 2.49. The van der Waals surface area contributed by atoms with Crippen LogP contribution in [0.15, 0.2) is 29.4 Å². The van der Waals surface area contributed by atoms with E-state index in [2.05, 4.69) is 17.1 Å². The van der Waals surface area contributed by atoms with Gasteiger partial charge in [-0.1, -0.05) is 31.2 Å². The fraction of sp³-hybridized carbons (Fsp3) is 0.385. The zero-order chi connectivity index (χ0) is 15.5. The third kappa shape index (κ3) is 3.46. The highest BCUT2D eigenvalue weighted by Gasteiger charge is 2.21. The maximum absolute atomic E-state index is 11.6. The first kappa shape index (κ1) is 15.6. The number of aromatic nitrogens is 3. The van der Waals surface area contributed by atoms with E-state index in [0.717, 1.165) is 12.0 Å². The first-order chi connectivity index (χ1) is 9.97. The number of ether oxygens (including phenoxy) is 1. The molecular weight excluding hydrogens is 292 g/mol. The number of hydrogen-bond acceptors (Lipinski definition) is 5. The standard InChI is InChI=1S/C13H18N4O3S/c1-3-10-4-6-11(7-5-10)12-15-16-13(21(14,18)19)17(12)8-9-20-2/h4-7H,3,8-9H2,1-2H3,(H2,14,18,19). The normalized spacial score (nSPS) is 11.8. The SMILES string of the molecule is CCc1ccc(-c2nnc(S(N)(=O)=O)n2CCOC)cc1. The number of sulfonamides is 1. The quantitative estimate of drug-likeness (QED) is 0.850. The van der Waals surface area contributed by atoms with Crippen LogP contribution < -0.4 is 5.14 Å². The third-order valence-electron chi connectivity index (χ3n) is 3.11. The molecule has 0 bridgehead atoms. The Morgan fingerprint density at radius 2 is 1.90 bits per heavy atom. The van der Waals surface area contributed by atoms with Crippen molar-refractivity contribution < 1.29 is 13.2 Å². The van der Waals surface area contributed by atoms with Crippen LogP contribution in [-0.4, -0.2) is 36.9 Å². The average Bonchev–Trinajstić information content (AvgIpc) is 2.89. The molecule has 1 aromatic heterocycles. The summed E-state index contributed by atoms with van der Waals surface area (Å²) in [7, 11) is -2.39. The van der Waals surface area contributed by atoms with Gasteiger partial charge in [0.15, 0.2) is 5.82 Å². The molecule has 0 aliphatic carbocycles. The van der Waals surface area contributed by atoms with Crippen LogP contribution >= 0.6 is 0 Å². The van der Waals surface area contributed by atoms with Gasteiger partial charge in [-0.25, -0.2) is 13.6 Å². The molecule has 0 amide bonds. The van der Waals surface area contributed by atoms with Crippen LogP contribution in [0.3, 0.4) is 0 Å². The molecule has 0 saturated carbocycles. The van der Waals surface area contributed by atoms with Gasteiger partial charge < -0.3 is 4.74 Å². The number of benzene rings is 1. The Kier molecular flexibility index (Phi) is 4.71. The van der Waals surface area contributed by atoms with Gasteiger partial charge in [0.2, 0.25) is 0 Å². The highest BCUT2D eigenvalue weighted by molar-refractivity contribution is 7.89. The van der Waals surface area contributed by atoms with Gasteiger partial charge in [0, 0.05) is 12.7 Å². The van der Waals surface area contributed by atoms with Crippen LogP contribution in [0.1, 0.15) is 12.5 Å². The zero-order valence-electron chi connectivity index (χ0n) is 12.0. The predicted octanol–water partition coefficient (Wildman–Crippen LogP) is 0.801. The van der Waals surface area contributed by atoms with E-state index in [0.29, 0.717) is 19.0 Å². The molecule has 2 rings (SSSR count). The fourth-order valence-corrected chi connectivity index (χ4v) is 2.63. The van der Waals surface area contributed by atoms with E-state index in [9.17, 15) is 8.42 Å². The van der Waals surface area contributed by atoms with Crippen LogP contribution in [0.4, 0.5) is 0 Å². The zero-order valence-corrected chi connectivity index (χ0v) is 12.8. The average molecular weight is 310 g/mol. The molecule has 2 N–H and O–H groups in total. The van der Waals surface area contributed by atoms with E-state index in [-0.39, 0.29) is 5.16 Å². The summed E-state index contributed by atoms with van der Waals surface area (Å²) in [4.78, 5) is 0. The van der Waals surface area contributed by atoms with Crippen molar-refractivity contribution in [1.29, 1.82) is 0 Å². The number of nitrogens with two attached hydrogens (primary N) is 1. The summed E-state index contributed by atoms with van der Waals surface area (Å²) in [5.74, 6) is 0.457. The first-order valence-electron chi connectivity index (χ1n) is 6.51. The lowest BCUT2D eigenvalue weighted by molar-refractivity contribution is 0.185. The summed E-state index contributed by atoms with van der Waals surface area (Å²) < 4.78 is 29.6. The third-order valence-corrected chi connectivity index (χ3v) is 3.92. The van der Waals surface area contributed by atoms with Crippen molar-refractivity contribution in [2.75, 3.05) is 13.7 Å². The van der Waals surface area contributed by atoms with Gasteiger partial charge in [0.25, 0.3) is 15.2 Å². The van der Waals surface area contributed by atoms with Crippen LogP contribution in [-0.2, 0) is 27.7 Å². The van der Waals surface area contributed by atoms with Crippen molar-refractivity contribution in [3.05, 3.63) is 29.8 Å². The Hall–Kier alpha value is -1.77. The Labute approximate surface area is 123 Å². The minimum Gasteiger partial charge on any atom is -0.383 e. The van der Waals surface area contributed by atoms with Gasteiger partial charge >= 0.3 is 0 Å². The Morgan fingerprint density at radius 3 is 2.43 bits per heavy atom. The second-order valence-corrected chi connectivity index (χ2v) is 6.00.